The lowest BCUT2D eigenvalue weighted by atomic mass is 10.2. The highest BCUT2D eigenvalue weighted by Gasteiger charge is 2.37. The van der Waals surface area contributed by atoms with Crippen LogP contribution in [0.25, 0.3) is 0 Å². The number of carbonyl (C=O) groups excluding carboxylic acids is 2. The fourth-order valence-electron chi connectivity index (χ4n) is 2.73. The van der Waals surface area contributed by atoms with Crippen molar-refractivity contribution in [3.05, 3.63) is 48.2 Å². The number of benzene rings is 1. The summed E-state index contributed by atoms with van der Waals surface area (Å²) in [7, 11) is 1.57. The molecule has 130 valence electrons. The summed E-state index contributed by atoms with van der Waals surface area (Å²) in [6.45, 7) is 3.18. The molecule has 7 heteroatoms. The summed E-state index contributed by atoms with van der Waals surface area (Å²) in [6, 6.07) is 10.3. The van der Waals surface area contributed by atoms with Crippen LogP contribution < -0.4 is 15.0 Å². The number of hydrogen-bond donors (Lipinski definition) is 1. The maximum absolute atomic E-state index is 12.7. The third-order valence-electron chi connectivity index (χ3n) is 3.92. The Kier molecular flexibility index (Phi) is 4.83. The summed E-state index contributed by atoms with van der Waals surface area (Å²) >= 11 is 0. The van der Waals surface area contributed by atoms with E-state index in [4.69, 9.17) is 4.74 Å². The van der Waals surface area contributed by atoms with E-state index in [0.29, 0.717) is 18.0 Å². The van der Waals surface area contributed by atoms with Crippen molar-refractivity contribution in [1.29, 1.82) is 0 Å². The van der Waals surface area contributed by atoms with Crippen LogP contribution in [0.1, 0.15) is 12.5 Å². The number of amides is 3. The lowest BCUT2D eigenvalue weighted by Gasteiger charge is -2.17. The summed E-state index contributed by atoms with van der Waals surface area (Å²) < 4.78 is 5.11. The molecule has 0 spiro atoms. The van der Waals surface area contributed by atoms with E-state index in [1.54, 1.807) is 37.6 Å². The zero-order valence-corrected chi connectivity index (χ0v) is 14.2. The molecule has 0 radical (unpaired) electrons. The van der Waals surface area contributed by atoms with Gasteiger partial charge in [0.2, 0.25) is 0 Å². The Morgan fingerprint density at radius 1 is 1.20 bits per heavy atom. The first kappa shape index (κ1) is 16.8. The van der Waals surface area contributed by atoms with Crippen molar-refractivity contribution in [3.63, 3.8) is 0 Å². The van der Waals surface area contributed by atoms with Crippen LogP contribution in [0.2, 0.25) is 0 Å². The molecule has 1 N–H and O–H groups in total. The zero-order chi connectivity index (χ0) is 17.8. The molecular formula is C18H20N4O3. The molecule has 25 heavy (non-hydrogen) atoms. The third-order valence-corrected chi connectivity index (χ3v) is 3.92. The maximum atomic E-state index is 12.7. The number of urea groups is 1. The second-order valence-corrected chi connectivity index (χ2v) is 5.65. The smallest absolute Gasteiger partial charge is 0.332 e. The van der Waals surface area contributed by atoms with Crippen LogP contribution in [0, 0.1) is 0 Å². The van der Waals surface area contributed by atoms with E-state index >= 15 is 0 Å². The molecule has 0 aliphatic carbocycles. The second-order valence-electron chi connectivity index (χ2n) is 5.65. The average molecular weight is 340 g/mol. The van der Waals surface area contributed by atoms with Gasteiger partial charge in [-0.1, -0.05) is 0 Å². The standard InChI is InChI=1S/C18H20N4O3/c1-3-19-16-10-13(8-9-20-16)11-21-12-17(23)22(18(21)24)14-4-6-15(25-2)7-5-14/h4-10H,3,11-12H2,1-2H3,(H,19,20). The third kappa shape index (κ3) is 3.55. The Labute approximate surface area is 146 Å². The highest BCUT2D eigenvalue weighted by atomic mass is 16.5. The molecule has 2 heterocycles. The van der Waals surface area contributed by atoms with Gasteiger partial charge in [-0.25, -0.2) is 14.7 Å². The molecule has 0 saturated carbocycles. The molecule has 1 aliphatic rings. The first-order valence-corrected chi connectivity index (χ1v) is 8.07. The van der Waals surface area contributed by atoms with Crippen molar-refractivity contribution in [2.24, 2.45) is 0 Å². The Morgan fingerprint density at radius 2 is 1.96 bits per heavy atom. The molecule has 0 atom stereocenters. The van der Waals surface area contributed by atoms with E-state index in [9.17, 15) is 9.59 Å². The van der Waals surface area contributed by atoms with Gasteiger partial charge in [0, 0.05) is 19.3 Å². The van der Waals surface area contributed by atoms with E-state index in [-0.39, 0.29) is 18.5 Å². The molecule has 1 aromatic heterocycles. The zero-order valence-electron chi connectivity index (χ0n) is 14.2. The van der Waals surface area contributed by atoms with Crippen LogP contribution >= 0.6 is 0 Å². The Balaban J connectivity index is 1.75. The van der Waals surface area contributed by atoms with E-state index < -0.39 is 0 Å². The van der Waals surface area contributed by atoms with E-state index in [0.717, 1.165) is 17.9 Å². The van der Waals surface area contributed by atoms with Crippen molar-refractivity contribution < 1.29 is 14.3 Å². The molecule has 7 nitrogen and oxygen atoms in total. The molecule has 1 fully saturated rings. The number of ether oxygens (including phenoxy) is 1. The van der Waals surface area contributed by atoms with Crippen LogP contribution in [0.4, 0.5) is 16.3 Å². The van der Waals surface area contributed by atoms with Crippen LogP contribution in [0.15, 0.2) is 42.6 Å². The average Bonchev–Trinajstić information content (AvgIpc) is 2.89. The predicted molar refractivity (Wildman–Crippen MR) is 94.7 cm³/mol. The lowest BCUT2D eigenvalue weighted by molar-refractivity contribution is -0.116. The van der Waals surface area contributed by atoms with Gasteiger partial charge in [-0.15, -0.1) is 0 Å². The summed E-state index contributed by atoms with van der Waals surface area (Å²) in [5.74, 6) is 1.19. The molecule has 3 rings (SSSR count). The number of carbonyl (C=O) groups is 2. The van der Waals surface area contributed by atoms with E-state index in [1.807, 2.05) is 19.1 Å². The van der Waals surface area contributed by atoms with Crippen LogP contribution in [-0.4, -0.2) is 42.0 Å². The molecule has 1 aliphatic heterocycles. The van der Waals surface area contributed by atoms with Gasteiger partial charge < -0.3 is 15.0 Å². The minimum atomic E-state index is -0.322. The largest absolute Gasteiger partial charge is 0.497 e. The quantitative estimate of drug-likeness (QED) is 0.818. The minimum absolute atomic E-state index is 0.0593. The number of pyridine rings is 1. The van der Waals surface area contributed by atoms with Gasteiger partial charge in [-0.2, -0.15) is 0 Å². The Hall–Kier alpha value is -3.09. The lowest BCUT2D eigenvalue weighted by Crippen LogP contribution is -2.32. The number of aromatic nitrogens is 1. The fraction of sp³-hybridized carbons (Fsp3) is 0.278. The van der Waals surface area contributed by atoms with Gasteiger partial charge in [-0.3, -0.25) is 4.79 Å². The SMILES string of the molecule is CCNc1cc(CN2CC(=O)N(c3ccc(OC)cc3)C2=O)ccn1. The summed E-state index contributed by atoms with van der Waals surface area (Å²) in [4.78, 5) is 31.9. The number of rotatable bonds is 6. The minimum Gasteiger partial charge on any atom is -0.497 e. The molecule has 2 aromatic rings. The van der Waals surface area contributed by atoms with E-state index in [2.05, 4.69) is 10.3 Å². The van der Waals surface area contributed by atoms with Gasteiger partial charge in [0.15, 0.2) is 0 Å². The van der Waals surface area contributed by atoms with Crippen LogP contribution in [0.3, 0.4) is 0 Å². The first-order valence-electron chi connectivity index (χ1n) is 8.07. The van der Waals surface area contributed by atoms with Crippen molar-refractivity contribution in [2.75, 3.05) is 30.4 Å². The van der Waals surface area contributed by atoms with Crippen molar-refractivity contribution >= 4 is 23.4 Å². The van der Waals surface area contributed by atoms with Gasteiger partial charge >= 0.3 is 6.03 Å². The number of imide groups is 1. The second kappa shape index (κ2) is 7.21. The number of nitrogens with zero attached hydrogens (tertiary/aromatic N) is 3. The molecule has 0 unspecified atom stereocenters. The van der Waals surface area contributed by atoms with Crippen LogP contribution in [0.5, 0.6) is 5.75 Å². The maximum Gasteiger partial charge on any atom is 0.332 e. The van der Waals surface area contributed by atoms with Crippen molar-refractivity contribution in [1.82, 2.24) is 9.88 Å². The fourth-order valence-corrected chi connectivity index (χ4v) is 2.73. The number of hydrogen-bond acceptors (Lipinski definition) is 5. The van der Waals surface area contributed by atoms with Gasteiger partial charge in [0.1, 0.15) is 18.1 Å². The monoisotopic (exact) mass is 340 g/mol. The highest BCUT2D eigenvalue weighted by Crippen LogP contribution is 2.25. The topological polar surface area (TPSA) is 74.8 Å². The van der Waals surface area contributed by atoms with E-state index in [1.165, 1.54) is 9.80 Å². The number of anilines is 2. The summed E-state index contributed by atoms with van der Waals surface area (Å²) in [6.07, 6.45) is 1.69. The normalized spacial score (nSPS) is 14.2. The first-order chi connectivity index (χ1) is 12.1. The Morgan fingerprint density at radius 3 is 2.64 bits per heavy atom. The van der Waals surface area contributed by atoms with Crippen molar-refractivity contribution in [2.45, 2.75) is 13.5 Å². The summed E-state index contributed by atoms with van der Waals surface area (Å²) in [5, 5.41) is 3.13. The van der Waals surface area contributed by atoms with Gasteiger partial charge in [0.05, 0.1) is 12.8 Å². The number of nitrogens with one attached hydrogen (secondary N) is 1. The Bertz CT molecular complexity index is 776. The predicted octanol–water partition coefficient (Wildman–Crippen LogP) is 2.49. The molecule has 0 bridgehead atoms. The molecule has 3 amide bonds. The van der Waals surface area contributed by atoms with Gasteiger partial charge in [0.25, 0.3) is 5.91 Å². The van der Waals surface area contributed by atoms with Gasteiger partial charge in [-0.05, 0) is 48.9 Å². The highest BCUT2D eigenvalue weighted by molar-refractivity contribution is 6.19. The van der Waals surface area contributed by atoms with Crippen molar-refractivity contribution in [3.8, 4) is 5.75 Å². The van der Waals surface area contributed by atoms with Crippen LogP contribution in [-0.2, 0) is 11.3 Å². The molecular weight excluding hydrogens is 320 g/mol. The molecule has 1 aromatic carbocycles. The summed E-state index contributed by atoms with van der Waals surface area (Å²) in [5.41, 5.74) is 1.46. The molecule has 1 saturated heterocycles. The number of methoxy groups -OCH3 is 1.